The Morgan fingerprint density at radius 3 is 0.963 bits per heavy atom. The average Bonchev–Trinajstić information content (AvgIpc) is 2.58. The smallest absolute Gasteiger partial charge is 0.0402 e. The first-order chi connectivity index (χ1) is 11.8. The standard InChI is InChI=1S/C20H42N.C2H6O.2ClH.Ti/c1-3-5-7-9-11-13-15-17-19-21-20-18-16-14-12-10-8-6-4-2;1-2-3;;;/h3-20H2,1-2H3;3H,2H2,1H3;2*1H;/q-1;;;;. The van der Waals surface area contributed by atoms with Gasteiger partial charge in [0.05, 0.1) is 0 Å². The van der Waals surface area contributed by atoms with Crippen molar-refractivity contribution in [1.82, 2.24) is 0 Å². The van der Waals surface area contributed by atoms with Gasteiger partial charge in [-0.25, -0.2) is 0 Å². The van der Waals surface area contributed by atoms with Crippen LogP contribution in [0.2, 0.25) is 0 Å². The summed E-state index contributed by atoms with van der Waals surface area (Å²) in [5, 5.41) is 12.2. The van der Waals surface area contributed by atoms with Crippen LogP contribution in [0.4, 0.5) is 0 Å². The van der Waals surface area contributed by atoms with Crippen LogP contribution in [0, 0.1) is 0 Å². The first kappa shape index (κ1) is 38.8. The fraction of sp³-hybridized carbons (Fsp3) is 1.00. The van der Waals surface area contributed by atoms with Crippen molar-refractivity contribution in [3.63, 3.8) is 0 Å². The van der Waals surface area contributed by atoms with Crippen LogP contribution < -0.4 is 0 Å². The number of hydrogen-bond donors (Lipinski definition) is 1. The van der Waals surface area contributed by atoms with Gasteiger partial charge in [0.25, 0.3) is 0 Å². The number of hydrogen-bond acceptors (Lipinski definition) is 1. The molecule has 168 valence electrons. The Hall–Kier alpha value is 1.21. The number of rotatable bonds is 18. The Bertz CT molecular complexity index is 183. The first-order valence-electron chi connectivity index (χ1n) is 11.1. The number of halogens is 2. The molecule has 0 aliphatic heterocycles. The van der Waals surface area contributed by atoms with E-state index in [0.717, 1.165) is 13.1 Å². The fourth-order valence-corrected chi connectivity index (χ4v) is 2.83. The number of aliphatic hydroxyl groups is 1. The van der Waals surface area contributed by atoms with Crippen LogP contribution in [-0.2, 0) is 21.7 Å². The van der Waals surface area contributed by atoms with E-state index in [2.05, 4.69) is 19.2 Å². The van der Waals surface area contributed by atoms with Crippen molar-refractivity contribution in [2.75, 3.05) is 19.7 Å². The van der Waals surface area contributed by atoms with Gasteiger partial charge in [-0.2, -0.15) is 0 Å². The molecule has 0 atom stereocenters. The van der Waals surface area contributed by atoms with Gasteiger partial charge < -0.3 is 10.4 Å². The van der Waals surface area contributed by atoms with E-state index in [1.54, 1.807) is 6.92 Å². The van der Waals surface area contributed by atoms with Crippen molar-refractivity contribution in [2.45, 2.75) is 124 Å². The van der Waals surface area contributed by atoms with Crippen molar-refractivity contribution in [1.29, 1.82) is 0 Å². The molecule has 0 bridgehead atoms. The van der Waals surface area contributed by atoms with Gasteiger partial charge in [-0.1, -0.05) is 117 Å². The fourth-order valence-electron chi connectivity index (χ4n) is 2.83. The van der Waals surface area contributed by atoms with Crippen LogP contribution in [0.15, 0.2) is 0 Å². The van der Waals surface area contributed by atoms with Gasteiger partial charge in [0, 0.05) is 28.3 Å². The largest absolute Gasteiger partial charge is 0.662 e. The summed E-state index contributed by atoms with van der Waals surface area (Å²) in [4.78, 5) is 0. The Morgan fingerprint density at radius 1 is 0.481 bits per heavy atom. The minimum absolute atomic E-state index is 0. The maximum atomic E-state index is 7.57. The Morgan fingerprint density at radius 2 is 0.704 bits per heavy atom. The zero-order valence-corrected chi connectivity index (χ0v) is 21.8. The molecule has 0 spiro atoms. The molecule has 0 aromatic carbocycles. The molecule has 1 N–H and O–H groups in total. The Balaban J connectivity index is -0.000000251. The monoisotopic (exact) mass is 462 g/mol. The van der Waals surface area contributed by atoms with Crippen molar-refractivity contribution in [3.05, 3.63) is 5.32 Å². The summed E-state index contributed by atoms with van der Waals surface area (Å²) in [6.45, 7) is 8.73. The third-order valence-corrected chi connectivity index (χ3v) is 4.34. The molecule has 0 fully saturated rings. The summed E-state index contributed by atoms with van der Waals surface area (Å²) in [5.41, 5.74) is 0. The first-order valence-corrected chi connectivity index (χ1v) is 11.1. The second kappa shape index (κ2) is 41.6. The van der Waals surface area contributed by atoms with Gasteiger partial charge in [-0.3, -0.25) is 0 Å². The van der Waals surface area contributed by atoms with Crippen LogP contribution in [0.3, 0.4) is 0 Å². The number of unbranched alkanes of at least 4 members (excludes halogenated alkanes) is 14. The molecule has 0 aliphatic rings. The van der Waals surface area contributed by atoms with Crippen LogP contribution in [0.25, 0.3) is 5.32 Å². The molecule has 0 aromatic heterocycles. The summed E-state index contributed by atoms with van der Waals surface area (Å²) in [5.74, 6) is 0. The van der Waals surface area contributed by atoms with Crippen molar-refractivity contribution < 1.29 is 26.8 Å². The zero-order chi connectivity index (χ0) is 18.1. The molecule has 5 heteroatoms. The summed E-state index contributed by atoms with van der Waals surface area (Å²) >= 11 is 0. The van der Waals surface area contributed by atoms with Crippen LogP contribution >= 0.6 is 24.8 Å². The molecule has 0 amide bonds. The molecule has 0 aliphatic carbocycles. The molecule has 0 heterocycles. The predicted molar refractivity (Wildman–Crippen MR) is 126 cm³/mol. The van der Waals surface area contributed by atoms with Crippen molar-refractivity contribution in [2.24, 2.45) is 0 Å². The maximum absolute atomic E-state index is 7.57. The van der Waals surface area contributed by atoms with Crippen molar-refractivity contribution >= 4 is 24.8 Å². The molecular weight excluding hydrogens is 413 g/mol. The molecule has 0 saturated carbocycles. The quantitative estimate of drug-likeness (QED) is 0.161. The summed E-state index contributed by atoms with van der Waals surface area (Å²) in [6, 6.07) is 0. The van der Waals surface area contributed by atoms with Crippen LogP contribution in [0.1, 0.15) is 124 Å². The van der Waals surface area contributed by atoms with Crippen molar-refractivity contribution in [3.8, 4) is 0 Å². The SMILES string of the molecule is CCCCCCCCCC[N-]CCCCCCCCCC.CCO.Cl.Cl.[Ti]. The Labute approximate surface area is 199 Å². The zero-order valence-electron chi connectivity index (χ0n) is 18.6. The van der Waals surface area contributed by atoms with Gasteiger partial charge in [0.1, 0.15) is 0 Å². The third-order valence-electron chi connectivity index (χ3n) is 4.34. The van der Waals surface area contributed by atoms with E-state index in [4.69, 9.17) is 5.11 Å². The molecule has 0 unspecified atom stereocenters. The minimum Gasteiger partial charge on any atom is -0.662 e. The van der Waals surface area contributed by atoms with E-state index in [1.165, 1.54) is 103 Å². The van der Waals surface area contributed by atoms with E-state index < -0.39 is 0 Å². The van der Waals surface area contributed by atoms with Crippen LogP contribution in [0.5, 0.6) is 0 Å². The second-order valence-corrected chi connectivity index (χ2v) is 6.94. The third kappa shape index (κ3) is 46.9. The van der Waals surface area contributed by atoms with Gasteiger partial charge in [0.15, 0.2) is 0 Å². The molecular formula is C22H50Cl2NOTi-. The normalized spacial score (nSPS) is 9.33. The predicted octanol–water partition coefficient (Wildman–Crippen LogP) is 8.48. The second-order valence-electron chi connectivity index (χ2n) is 6.94. The van der Waals surface area contributed by atoms with Gasteiger partial charge in [-0.15, -0.1) is 37.9 Å². The average molecular weight is 463 g/mol. The molecule has 0 aromatic rings. The number of nitrogens with zero attached hydrogens (tertiary/aromatic N) is 1. The summed E-state index contributed by atoms with van der Waals surface area (Å²) < 4.78 is 0. The van der Waals surface area contributed by atoms with Crippen LogP contribution in [-0.4, -0.2) is 24.8 Å². The molecule has 0 saturated heterocycles. The van der Waals surface area contributed by atoms with E-state index in [-0.39, 0.29) is 53.1 Å². The van der Waals surface area contributed by atoms with E-state index in [9.17, 15) is 0 Å². The summed E-state index contributed by atoms with van der Waals surface area (Å²) in [7, 11) is 0. The van der Waals surface area contributed by atoms with Gasteiger partial charge in [0.2, 0.25) is 0 Å². The van der Waals surface area contributed by atoms with E-state index in [0.29, 0.717) is 0 Å². The molecule has 0 rings (SSSR count). The molecule has 0 radical (unpaired) electrons. The Kier molecular flexibility index (Phi) is 59.7. The number of aliphatic hydroxyl groups excluding tert-OH is 1. The van der Waals surface area contributed by atoms with Gasteiger partial charge >= 0.3 is 0 Å². The minimum atomic E-state index is 0. The molecule has 27 heavy (non-hydrogen) atoms. The van der Waals surface area contributed by atoms with Gasteiger partial charge in [-0.05, 0) is 6.92 Å². The summed E-state index contributed by atoms with van der Waals surface area (Å²) in [6.07, 6.45) is 22.5. The topological polar surface area (TPSA) is 34.3 Å². The van der Waals surface area contributed by atoms with E-state index >= 15 is 0 Å². The maximum Gasteiger partial charge on any atom is 0.0402 e. The molecule has 2 nitrogen and oxygen atoms in total. The van der Waals surface area contributed by atoms with E-state index in [1.807, 2.05) is 0 Å².